The number of hydrogen-bond donors (Lipinski definition) is 2. The van der Waals surface area contributed by atoms with Crippen LogP contribution in [0.2, 0.25) is 0 Å². The van der Waals surface area contributed by atoms with Crippen LogP contribution in [0.1, 0.15) is 49.5 Å². The second kappa shape index (κ2) is 11.0. The summed E-state index contributed by atoms with van der Waals surface area (Å²) < 4.78 is 5.35. The standard InChI is InChI=1S/C26H32N4O5/c1-26(2,3)35-25(34)29(4)17-18-7-5-8-20(15-18)28-22(31)16-27-24(33)19-10-12-21(13-11-19)30-14-6-9-23(30)32/h5,7-8,10-13,15H,6,9,14,16-17H2,1-4H3,(H,27,33)(H,28,31). The number of nitrogens with zero attached hydrogens (tertiary/aromatic N) is 2. The minimum atomic E-state index is -0.583. The Balaban J connectivity index is 1.49. The number of rotatable bonds is 7. The SMILES string of the molecule is CN(Cc1cccc(NC(=O)CNC(=O)c2ccc(N3CCCC3=O)cc2)c1)C(=O)OC(C)(C)C. The van der Waals surface area contributed by atoms with Gasteiger partial charge in [-0.15, -0.1) is 0 Å². The van der Waals surface area contributed by atoms with Crippen molar-refractivity contribution in [1.29, 1.82) is 0 Å². The van der Waals surface area contributed by atoms with Crippen molar-refractivity contribution in [2.24, 2.45) is 0 Å². The summed E-state index contributed by atoms with van der Waals surface area (Å²) >= 11 is 0. The third-order valence-corrected chi connectivity index (χ3v) is 5.26. The van der Waals surface area contributed by atoms with Gasteiger partial charge in [-0.3, -0.25) is 14.4 Å². The van der Waals surface area contributed by atoms with E-state index in [4.69, 9.17) is 4.74 Å². The fourth-order valence-corrected chi connectivity index (χ4v) is 3.61. The molecule has 0 aromatic heterocycles. The minimum Gasteiger partial charge on any atom is -0.444 e. The van der Waals surface area contributed by atoms with Crippen LogP contribution in [0.15, 0.2) is 48.5 Å². The maximum Gasteiger partial charge on any atom is 0.410 e. The molecule has 2 aromatic carbocycles. The largest absolute Gasteiger partial charge is 0.444 e. The highest BCUT2D eigenvalue weighted by Crippen LogP contribution is 2.21. The zero-order valence-electron chi connectivity index (χ0n) is 20.6. The highest BCUT2D eigenvalue weighted by atomic mass is 16.6. The number of benzene rings is 2. The molecule has 0 radical (unpaired) electrons. The molecular weight excluding hydrogens is 448 g/mol. The van der Waals surface area contributed by atoms with E-state index < -0.39 is 11.7 Å². The molecule has 0 spiro atoms. The predicted molar refractivity (Wildman–Crippen MR) is 133 cm³/mol. The van der Waals surface area contributed by atoms with E-state index >= 15 is 0 Å². The zero-order valence-corrected chi connectivity index (χ0v) is 20.6. The maximum atomic E-state index is 12.4. The molecule has 35 heavy (non-hydrogen) atoms. The Labute approximate surface area is 205 Å². The third kappa shape index (κ3) is 7.56. The van der Waals surface area contributed by atoms with Gasteiger partial charge in [0.1, 0.15) is 5.60 Å². The number of carbonyl (C=O) groups is 4. The van der Waals surface area contributed by atoms with Crippen LogP contribution in [0, 0.1) is 0 Å². The average molecular weight is 481 g/mol. The summed E-state index contributed by atoms with van der Waals surface area (Å²) in [6, 6.07) is 13.9. The van der Waals surface area contributed by atoms with Crippen LogP contribution < -0.4 is 15.5 Å². The van der Waals surface area contributed by atoms with Crippen LogP contribution in [0.25, 0.3) is 0 Å². The van der Waals surface area contributed by atoms with Gasteiger partial charge in [0.15, 0.2) is 0 Å². The first-order valence-electron chi connectivity index (χ1n) is 11.5. The Morgan fingerprint density at radius 1 is 1.09 bits per heavy atom. The smallest absolute Gasteiger partial charge is 0.410 e. The number of carbonyl (C=O) groups excluding carboxylic acids is 4. The van der Waals surface area contributed by atoms with E-state index in [1.165, 1.54) is 4.90 Å². The van der Waals surface area contributed by atoms with Crippen molar-refractivity contribution in [1.82, 2.24) is 10.2 Å². The number of anilines is 2. The first kappa shape index (κ1) is 25.7. The normalized spacial score (nSPS) is 13.4. The molecular formula is C26H32N4O5. The topological polar surface area (TPSA) is 108 Å². The highest BCUT2D eigenvalue weighted by molar-refractivity contribution is 6.00. The van der Waals surface area contributed by atoms with E-state index in [-0.39, 0.29) is 24.3 Å². The van der Waals surface area contributed by atoms with Crippen molar-refractivity contribution in [3.05, 3.63) is 59.7 Å². The molecule has 0 unspecified atom stereocenters. The molecule has 3 rings (SSSR count). The lowest BCUT2D eigenvalue weighted by Crippen LogP contribution is -2.34. The maximum absolute atomic E-state index is 12.4. The van der Waals surface area contributed by atoms with Crippen molar-refractivity contribution in [2.45, 2.75) is 45.8 Å². The quantitative estimate of drug-likeness (QED) is 0.630. The third-order valence-electron chi connectivity index (χ3n) is 5.26. The van der Waals surface area contributed by atoms with Crippen molar-refractivity contribution in [3.63, 3.8) is 0 Å². The fraction of sp³-hybridized carbons (Fsp3) is 0.385. The lowest BCUT2D eigenvalue weighted by atomic mass is 10.2. The van der Waals surface area contributed by atoms with Gasteiger partial charge in [-0.05, 0) is 69.2 Å². The van der Waals surface area contributed by atoms with Gasteiger partial charge in [0.05, 0.1) is 6.54 Å². The molecule has 0 bridgehead atoms. The van der Waals surface area contributed by atoms with E-state index in [1.54, 1.807) is 75.2 Å². The van der Waals surface area contributed by atoms with E-state index in [2.05, 4.69) is 10.6 Å². The highest BCUT2D eigenvalue weighted by Gasteiger charge is 2.22. The molecule has 1 fully saturated rings. The molecule has 0 saturated carbocycles. The van der Waals surface area contributed by atoms with Crippen LogP contribution in [0.3, 0.4) is 0 Å². The molecule has 1 heterocycles. The summed E-state index contributed by atoms with van der Waals surface area (Å²) in [5, 5.41) is 5.35. The summed E-state index contributed by atoms with van der Waals surface area (Å²) in [5.74, 6) is -0.679. The lowest BCUT2D eigenvalue weighted by molar-refractivity contribution is -0.117. The van der Waals surface area contributed by atoms with Gasteiger partial charge in [0.2, 0.25) is 11.8 Å². The first-order chi connectivity index (χ1) is 16.5. The van der Waals surface area contributed by atoms with E-state index in [1.807, 2.05) is 6.07 Å². The van der Waals surface area contributed by atoms with Crippen molar-refractivity contribution in [2.75, 3.05) is 30.4 Å². The van der Waals surface area contributed by atoms with Gasteiger partial charge in [0, 0.05) is 43.5 Å². The van der Waals surface area contributed by atoms with Gasteiger partial charge < -0.3 is 25.2 Å². The lowest BCUT2D eigenvalue weighted by Gasteiger charge is -2.24. The van der Waals surface area contributed by atoms with Crippen LogP contribution in [0.5, 0.6) is 0 Å². The molecule has 186 valence electrons. The van der Waals surface area contributed by atoms with Crippen LogP contribution in [0.4, 0.5) is 16.2 Å². The Morgan fingerprint density at radius 2 is 1.80 bits per heavy atom. The van der Waals surface area contributed by atoms with Gasteiger partial charge in [-0.25, -0.2) is 4.79 Å². The van der Waals surface area contributed by atoms with Gasteiger partial charge in [-0.2, -0.15) is 0 Å². The molecule has 1 saturated heterocycles. The molecule has 9 heteroatoms. The molecule has 1 aliphatic rings. The first-order valence-corrected chi connectivity index (χ1v) is 11.5. The predicted octanol–water partition coefficient (Wildman–Crippen LogP) is 3.55. The molecule has 2 aromatic rings. The summed E-state index contributed by atoms with van der Waals surface area (Å²) in [5.41, 5.74) is 1.95. The van der Waals surface area contributed by atoms with E-state index in [0.29, 0.717) is 30.8 Å². The fourth-order valence-electron chi connectivity index (χ4n) is 3.61. The molecule has 9 nitrogen and oxygen atoms in total. The van der Waals surface area contributed by atoms with Crippen LogP contribution >= 0.6 is 0 Å². The van der Waals surface area contributed by atoms with Gasteiger partial charge in [0.25, 0.3) is 5.91 Å². The average Bonchev–Trinajstić information content (AvgIpc) is 3.22. The summed E-state index contributed by atoms with van der Waals surface area (Å²) in [7, 11) is 1.64. The Kier molecular flexibility index (Phi) is 8.11. The van der Waals surface area contributed by atoms with Gasteiger partial charge >= 0.3 is 6.09 Å². The summed E-state index contributed by atoms with van der Waals surface area (Å²) in [4.78, 5) is 52.0. The van der Waals surface area contributed by atoms with Crippen LogP contribution in [-0.2, 0) is 20.9 Å². The Morgan fingerprint density at radius 3 is 2.43 bits per heavy atom. The second-order valence-corrected chi connectivity index (χ2v) is 9.46. The number of amides is 4. The van der Waals surface area contributed by atoms with Gasteiger partial charge in [-0.1, -0.05) is 12.1 Å². The van der Waals surface area contributed by atoms with Crippen molar-refractivity contribution in [3.8, 4) is 0 Å². The molecule has 0 atom stereocenters. The monoisotopic (exact) mass is 480 g/mol. The molecule has 0 aliphatic carbocycles. The summed E-state index contributed by atoms with van der Waals surface area (Å²) in [6.07, 6.45) is 0.940. The number of hydrogen-bond acceptors (Lipinski definition) is 5. The number of nitrogens with one attached hydrogen (secondary N) is 2. The van der Waals surface area contributed by atoms with Crippen LogP contribution in [-0.4, -0.2) is 54.5 Å². The zero-order chi connectivity index (χ0) is 25.6. The Hall–Kier alpha value is -3.88. The minimum absolute atomic E-state index is 0.0828. The van der Waals surface area contributed by atoms with E-state index in [0.717, 1.165) is 17.7 Å². The summed E-state index contributed by atoms with van der Waals surface area (Å²) in [6.45, 7) is 6.21. The van der Waals surface area contributed by atoms with E-state index in [9.17, 15) is 19.2 Å². The molecule has 2 N–H and O–H groups in total. The Bertz CT molecular complexity index is 1090. The van der Waals surface area contributed by atoms with Crippen molar-refractivity contribution < 1.29 is 23.9 Å². The second-order valence-electron chi connectivity index (χ2n) is 9.46. The molecule has 1 aliphatic heterocycles. The van der Waals surface area contributed by atoms with Crippen molar-refractivity contribution >= 4 is 35.2 Å². The molecule has 4 amide bonds. The number of ether oxygens (including phenoxy) is 1.